The van der Waals surface area contributed by atoms with Gasteiger partial charge in [0.25, 0.3) is 0 Å². The van der Waals surface area contributed by atoms with Crippen molar-refractivity contribution in [2.24, 2.45) is 0 Å². The van der Waals surface area contributed by atoms with Crippen molar-refractivity contribution in [2.45, 2.75) is 65.2 Å². The molecule has 0 aromatic heterocycles. The van der Waals surface area contributed by atoms with E-state index in [0.717, 1.165) is 38.5 Å². The smallest absolute Gasteiger partial charge is 0.358 e. The maximum absolute atomic E-state index is 3.60. The molecule has 0 aromatic rings. The third-order valence-corrected chi connectivity index (χ3v) is 3.05. The van der Waals surface area contributed by atoms with Gasteiger partial charge in [-0.1, -0.05) is 26.7 Å². The molecule has 0 aromatic carbocycles. The first-order valence-electron chi connectivity index (χ1n) is 10.3. The molecule has 4 rings (SSSR count). The van der Waals surface area contributed by atoms with E-state index in [1.165, 1.54) is 12.8 Å². The minimum Gasteiger partial charge on any atom is -0.358 e. The molecule has 4 aliphatic carbocycles. The topological polar surface area (TPSA) is 0 Å². The first-order valence-corrected chi connectivity index (χ1v) is 10.3. The molecule has 1 radical (unpaired) electrons. The molecule has 0 bridgehead atoms. The van der Waals surface area contributed by atoms with Crippen LogP contribution in [0.5, 0.6) is 0 Å². The summed E-state index contributed by atoms with van der Waals surface area (Å²) in [5.74, 6) is 0. The summed E-state index contributed by atoms with van der Waals surface area (Å²) in [4.78, 5) is 0. The first kappa shape index (κ1) is 40.3. The molecule has 173 valence electrons. The second-order valence-corrected chi connectivity index (χ2v) is 5.72. The molecule has 0 unspecified atom stereocenters. The summed E-state index contributed by atoms with van der Waals surface area (Å²) >= 11 is 0. The number of unbranched alkanes of at least 4 members (excludes halogenated alkanes) is 2. The van der Waals surface area contributed by atoms with E-state index in [1.807, 2.05) is 48.6 Å². The summed E-state index contributed by atoms with van der Waals surface area (Å²) in [6, 6.07) is 0. The molecule has 0 atom stereocenters. The fourth-order valence-electron chi connectivity index (χ4n) is 1.36. The van der Waals surface area contributed by atoms with E-state index in [2.05, 4.69) is 76.3 Å². The van der Waals surface area contributed by atoms with Crippen molar-refractivity contribution < 1.29 is 34.1 Å². The molecule has 0 aliphatic heterocycles. The SMILES string of the molecule is [C-]1=CC=CC1.[C-]1=CC=CC1.[C-]1=CC=CC1.[C-]1=CC=CC1.[CH2-]CCC.[CH2-]CCC.[CH3-].[Fe+3].[Fe+4]. The second-order valence-electron chi connectivity index (χ2n) is 5.72. The van der Waals surface area contributed by atoms with Crippen LogP contribution >= 0.6 is 0 Å². The van der Waals surface area contributed by atoms with E-state index in [0.29, 0.717) is 0 Å². The Hall–Kier alpha value is -1.04. The Balaban J connectivity index is -0.0000000859. The number of rotatable bonds is 2. The van der Waals surface area contributed by atoms with Crippen LogP contribution < -0.4 is 0 Å². The molecule has 0 fully saturated rings. The molecule has 0 heterocycles. The van der Waals surface area contributed by atoms with Crippen LogP contribution in [0.25, 0.3) is 0 Å². The molecule has 2 heteroatoms. The van der Waals surface area contributed by atoms with Crippen LogP contribution in [0.3, 0.4) is 0 Å². The zero-order valence-electron chi connectivity index (χ0n) is 19.7. The normalized spacial score (nSPS) is 13.3. The quantitative estimate of drug-likeness (QED) is 0.262. The summed E-state index contributed by atoms with van der Waals surface area (Å²) in [7, 11) is 0. The van der Waals surface area contributed by atoms with Gasteiger partial charge in [0.05, 0.1) is 0 Å². The Bertz CT molecular complexity index is 379. The molecule has 4 aliphatic rings. The minimum atomic E-state index is 0. The molecular formula is C29H41Fe2. The van der Waals surface area contributed by atoms with Gasteiger partial charge >= 0.3 is 34.1 Å². The van der Waals surface area contributed by atoms with E-state index in [-0.39, 0.29) is 41.6 Å². The maximum atomic E-state index is 3.60. The Morgan fingerprint density at radius 1 is 0.581 bits per heavy atom. The van der Waals surface area contributed by atoms with Crippen molar-refractivity contribution in [3.63, 3.8) is 0 Å². The summed E-state index contributed by atoms with van der Waals surface area (Å²) in [5.41, 5.74) is 0. The van der Waals surface area contributed by atoms with E-state index >= 15 is 0 Å². The van der Waals surface area contributed by atoms with E-state index in [4.69, 9.17) is 0 Å². The van der Waals surface area contributed by atoms with E-state index in [9.17, 15) is 0 Å². The monoisotopic (exact) mass is 501 g/mol. The number of hydrogen-bond donors (Lipinski definition) is 0. The Morgan fingerprint density at radius 3 is 0.806 bits per heavy atom. The van der Waals surface area contributed by atoms with Gasteiger partial charge in [-0.15, -0.1) is 25.7 Å². The largest absolute Gasteiger partial charge is 4.00 e. The van der Waals surface area contributed by atoms with Crippen LogP contribution in [-0.2, 0) is 34.1 Å². The molecule has 0 nitrogen and oxygen atoms in total. The molecule has 0 saturated carbocycles. The molecule has 0 spiro atoms. The molecular weight excluding hydrogens is 460 g/mol. The average molecular weight is 501 g/mol. The molecule has 0 N–H and O–H groups in total. The Kier molecular flexibility index (Phi) is 55.9. The van der Waals surface area contributed by atoms with Crippen LogP contribution in [0.1, 0.15) is 65.2 Å². The fraction of sp³-hybridized carbons (Fsp3) is 0.345. The van der Waals surface area contributed by atoms with Crippen molar-refractivity contribution in [1.29, 1.82) is 0 Å². The van der Waals surface area contributed by atoms with Gasteiger partial charge in [-0.3, -0.25) is 24.3 Å². The van der Waals surface area contributed by atoms with Gasteiger partial charge in [0.1, 0.15) is 0 Å². The van der Waals surface area contributed by atoms with Gasteiger partial charge in [-0.2, -0.15) is 37.1 Å². The molecule has 0 amide bonds. The van der Waals surface area contributed by atoms with Gasteiger partial charge in [-0.25, -0.2) is 48.6 Å². The summed E-state index contributed by atoms with van der Waals surface area (Å²) in [6.45, 7) is 11.4. The van der Waals surface area contributed by atoms with Crippen molar-refractivity contribution >= 4 is 0 Å². The zero-order valence-corrected chi connectivity index (χ0v) is 21.9. The predicted molar refractivity (Wildman–Crippen MR) is 133 cm³/mol. The fourth-order valence-corrected chi connectivity index (χ4v) is 1.36. The Morgan fingerprint density at radius 2 is 0.774 bits per heavy atom. The summed E-state index contributed by atoms with van der Waals surface area (Å²) < 4.78 is 0. The average Bonchev–Trinajstić information content (AvgIpc) is 3.58. The second kappa shape index (κ2) is 42.9. The third-order valence-electron chi connectivity index (χ3n) is 3.05. The van der Waals surface area contributed by atoms with Crippen LogP contribution in [-0.4, -0.2) is 0 Å². The Labute approximate surface area is 217 Å². The van der Waals surface area contributed by atoms with Crippen LogP contribution in [0.15, 0.2) is 72.9 Å². The van der Waals surface area contributed by atoms with E-state index < -0.39 is 0 Å². The standard InChI is InChI=1S/4C5H5.2C4H9.CH3.2Fe/c4*1-2-4-5-3-1;2*1-3-4-2;;;/h4*1-3H,4H2;2*1,3-4H2,2H3;1H3;;/q7*-1;+3;+4. The summed E-state index contributed by atoms with van der Waals surface area (Å²) in [5, 5.41) is 0. The molecule has 0 saturated heterocycles. The zero-order chi connectivity index (χ0) is 21.0. The van der Waals surface area contributed by atoms with Crippen molar-refractivity contribution in [1.82, 2.24) is 0 Å². The van der Waals surface area contributed by atoms with Gasteiger partial charge in [0.2, 0.25) is 0 Å². The van der Waals surface area contributed by atoms with Gasteiger partial charge < -0.3 is 21.3 Å². The molecule has 31 heavy (non-hydrogen) atoms. The predicted octanol–water partition coefficient (Wildman–Crippen LogP) is 8.91. The minimum absolute atomic E-state index is 0. The maximum Gasteiger partial charge on any atom is 4.00 e. The van der Waals surface area contributed by atoms with Crippen LogP contribution in [0.4, 0.5) is 0 Å². The summed E-state index contributed by atoms with van der Waals surface area (Å²) in [6.07, 6.45) is 44.6. The van der Waals surface area contributed by atoms with Crippen molar-refractivity contribution in [3.8, 4) is 0 Å². The van der Waals surface area contributed by atoms with Crippen molar-refractivity contribution in [2.75, 3.05) is 0 Å². The van der Waals surface area contributed by atoms with Gasteiger partial charge in [-0.05, 0) is 0 Å². The van der Waals surface area contributed by atoms with Crippen LogP contribution in [0, 0.1) is 45.6 Å². The number of allylic oxidation sites excluding steroid dienone is 16. The van der Waals surface area contributed by atoms with Crippen molar-refractivity contribution in [3.05, 3.63) is 118 Å². The third kappa shape index (κ3) is 47.9. The van der Waals surface area contributed by atoms with E-state index in [1.54, 1.807) is 0 Å². The van der Waals surface area contributed by atoms with Gasteiger partial charge in [0, 0.05) is 0 Å². The number of hydrogen-bond acceptors (Lipinski definition) is 0. The first-order chi connectivity index (χ1) is 13.8. The van der Waals surface area contributed by atoms with Gasteiger partial charge in [0.15, 0.2) is 0 Å². The van der Waals surface area contributed by atoms with Crippen LogP contribution in [0.2, 0.25) is 0 Å².